The Morgan fingerprint density at radius 3 is 2.54 bits per heavy atom. The molecule has 5 aliphatic rings. The third-order valence-corrected chi connectivity index (χ3v) is 12.4. The van der Waals surface area contributed by atoms with Gasteiger partial charge in [0.25, 0.3) is 0 Å². The minimum absolute atomic E-state index is 0.170. The second kappa shape index (κ2) is 8.27. The zero-order valence-corrected chi connectivity index (χ0v) is 23.2. The summed E-state index contributed by atoms with van der Waals surface area (Å²) in [5.41, 5.74) is 2.81. The van der Waals surface area contributed by atoms with Crippen molar-refractivity contribution >= 4 is 5.78 Å². The summed E-state index contributed by atoms with van der Waals surface area (Å²) in [5, 5.41) is 10.7. The predicted octanol–water partition coefficient (Wildman–Crippen LogP) is 6.48. The van der Waals surface area contributed by atoms with Gasteiger partial charge in [-0.15, -0.1) is 0 Å². The Balaban J connectivity index is 1.46. The summed E-state index contributed by atoms with van der Waals surface area (Å²) < 4.78 is 12.1. The lowest BCUT2D eigenvalue weighted by Gasteiger charge is -2.63. The van der Waals surface area contributed by atoms with Crippen LogP contribution in [0.5, 0.6) is 0 Å². The van der Waals surface area contributed by atoms with E-state index in [9.17, 15) is 9.90 Å². The van der Waals surface area contributed by atoms with Gasteiger partial charge in [-0.3, -0.25) is 4.79 Å². The zero-order chi connectivity index (χ0) is 25.6. The molecular weight excluding hydrogens is 436 g/mol. The molecule has 0 aromatic rings. The summed E-state index contributed by atoms with van der Waals surface area (Å²) in [7, 11) is 1.75. The van der Waals surface area contributed by atoms with Crippen molar-refractivity contribution in [1.82, 2.24) is 0 Å². The number of Topliss-reactive ketones (excluding diaryl/α,β-unsaturated/α-hetero) is 1. The number of rotatable bonds is 4. The van der Waals surface area contributed by atoms with Crippen molar-refractivity contribution in [2.75, 3.05) is 7.11 Å². The van der Waals surface area contributed by atoms with E-state index >= 15 is 0 Å². The molecule has 0 radical (unpaired) electrons. The summed E-state index contributed by atoms with van der Waals surface area (Å²) in [4.78, 5) is 12.9. The van der Waals surface area contributed by atoms with Crippen molar-refractivity contribution in [2.45, 2.75) is 111 Å². The van der Waals surface area contributed by atoms with Crippen LogP contribution in [0.4, 0.5) is 0 Å². The monoisotopic (exact) mass is 484 g/mol. The van der Waals surface area contributed by atoms with Crippen LogP contribution in [0.3, 0.4) is 0 Å². The van der Waals surface area contributed by atoms with Crippen molar-refractivity contribution in [2.24, 2.45) is 45.3 Å². The van der Waals surface area contributed by atoms with E-state index in [1.165, 1.54) is 25.7 Å². The Morgan fingerprint density at radius 1 is 1.17 bits per heavy atom. The number of aliphatic hydroxyl groups excluding tert-OH is 1. The van der Waals surface area contributed by atoms with E-state index in [0.29, 0.717) is 29.5 Å². The Bertz CT molecular complexity index is 934. The molecule has 3 saturated carbocycles. The highest BCUT2D eigenvalue weighted by atomic mass is 16.7. The van der Waals surface area contributed by atoms with Gasteiger partial charge >= 0.3 is 0 Å². The first kappa shape index (κ1) is 25.7. The molecule has 0 bridgehead atoms. The van der Waals surface area contributed by atoms with Crippen molar-refractivity contribution in [1.29, 1.82) is 0 Å². The predicted molar refractivity (Wildman–Crippen MR) is 139 cm³/mol. The van der Waals surface area contributed by atoms with Crippen molar-refractivity contribution in [3.8, 4) is 0 Å². The molecule has 1 aliphatic heterocycles. The Morgan fingerprint density at radius 2 is 1.89 bits per heavy atom. The maximum absolute atomic E-state index is 12.9. The van der Waals surface area contributed by atoms with Gasteiger partial charge in [0.2, 0.25) is 0 Å². The lowest BCUT2D eigenvalue weighted by molar-refractivity contribution is -0.162. The summed E-state index contributed by atoms with van der Waals surface area (Å²) in [5.74, 6) is 2.29. The van der Waals surface area contributed by atoms with Crippen LogP contribution < -0.4 is 0 Å². The Hall–Kier alpha value is -0.970. The van der Waals surface area contributed by atoms with Gasteiger partial charge in [-0.2, -0.15) is 0 Å². The van der Waals surface area contributed by atoms with Crippen molar-refractivity contribution < 1.29 is 19.4 Å². The molecule has 35 heavy (non-hydrogen) atoms. The molecule has 1 heterocycles. The van der Waals surface area contributed by atoms with Crippen LogP contribution in [0.25, 0.3) is 0 Å². The van der Waals surface area contributed by atoms with Crippen LogP contribution in [0.15, 0.2) is 23.8 Å². The normalized spacial score (nSPS) is 49.6. The van der Waals surface area contributed by atoms with E-state index in [0.717, 1.165) is 31.3 Å². The van der Waals surface area contributed by atoms with Gasteiger partial charge in [-0.05, 0) is 91.4 Å². The fraction of sp³-hybridized carbons (Fsp3) is 0.839. The first-order valence-electron chi connectivity index (χ1n) is 14.1. The van der Waals surface area contributed by atoms with Gasteiger partial charge in [0.05, 0.1) is 6.10 Å². The maximum atomic E-state index is 12.9. The van der Waals surface area contributed by atoms with Crippen LogP contribution in [0.2, 0.25) is 0 Å². The van der Waals surface area contributed by atoms with Crippen molar-refractivity contribution in [3.63, 3.8) is 0 Å². The van der Waals surface area contributed by atoms with Gasteiger partial charge in [0.15, 0.2) is 6.29 Å². The van der Waals surface area contributed by atoms with Crippen molar-refractivity contribution in [3.05, 3.63) is 23.8 Å². The molecule has 0 aromatic heterocycles. The second-order valence-electron chi connectivity index (χ2n) is 14.1. The van der Waals surface area contributed by atoms with Crippen LogP contribution in [-0.2, 0) is 14.3 Å². The number of carbonyl (C=O) groups is 1. The fourth-order valence-corrected chi connectivity index (χ4v) is 10.1. The highest BCUT2D eigenvalue weighted by Crippen LogP contribution is 2.73. The van der Waals surface area contributed by atoms with Crippen LogP contribution >= 0.6 is 0 Å². The molecule has 196 valence electrons. The number of methoxy groups -OCH3 is 1. The summed E-state index contributed by atoms with van der Waals surface area (Å²) in [6, 6.07) is 0. The summed E-state index contributed by atoms with van der Waals surface area (Å²) in [6.45, 7) is 17.9. The van der Waals surface area contributed by atoms with E-state index in [1.54, 1.807) is 12.7 Å². The number of ether oxygens (including phenoxy) is 2. The third kappa shape index (κ3) is 3.38. The van der Waals surface area contributed by atoms with Gasteiger partial charge in [-0.25, -0.2) is 0 Å². The first-order valence-corrected chi connectivity index (χ1v) is 14.1. The van der Waals surface area contributed by atoms with Gasteiger partial charge < -0.3 is 14.6 Å². The van der Waals surface area contributed by atoms with E-state index in [4.69, 9.17) is 9.47 Å². The number of hydrogen-bond donors (Lipinski definition) is 1. The molecule has 0 amide bonds. The average molecular weight is 485 g/mol. The lowest BCUT2D eigenvalue weighted by atomic mass is 9.41. The topological polar surface area (TPSA) is 55.8 Å². The molecule has 10 atom stereocenters. The number of aliphatic hydroxyl groups is 1. The molecule has 10 unspecified atom stereocenters. The van der Waals surface area contributed by atoms with E-state index in [-0.39, 0.29) is 34.1 Å². The summed E-state index contributed by atoms with van der Waals surface area (Å²) >= 11 is 0. The van der Waals surface area contributed by atoms with E-state index in [2.05, 4.69) is 47.3 Å². The molecule has 1 saturated heterocycles. The third-order valence-electron chi connectivity index (χ3n) is 12.4. The molecule has 4 fully saturated rings. The number of hydrogen-bond acceptors (Lipinski definition) is 4. The van der Waals surface area contributed by atoms with Crippen LogP contribution in [-0.4, -0.2) is 36.5 Å². The zero-order valence-electron chi connectivity index (χ0n) is 23.2. The largest absolute Gasteiger partial charge is 0.386 e. The maximum Gasteiger partial charge on any atom is 0.160 e. The molecule has 4 aliphatic carbocycles. The molecule has 4 heteroatoms. The van der Waals surface area contributed by atoms with Gasteiger partial charge in [0, 0.05) is 24.9 Å². The lowest BCUT2D eigenvalue weighted by Crippen LogP contribution is -2.57. The second-order valence-corrected chi connectivity index (χ2v) is 14.1. The number of carbonyl (C=O) groups excluding carboxylic acids is 1. The highest BCUT2D eigenvalue weighted by Gasteiger charge is 2.66. The molecule has 0 spiro atoms. The smallest absolute Gasteiger partial charge is 0.160 e. The highest BCUT2D eigenvalue weighted by molar-refractivity contribution is 5.85. The standard InChI is InChI=1S/C31H48O4/c1-18(2)26(33)23-17-19(27(34-8)35-23)20-11-15-31(7)22-9-10-24-28(3,4)25(32)13-14-29(24,5)21(22)12-16-30(20,31)6/h9,19-21,23-24,26-27,33H,1,10-17H2,2-8H3. The minimum Gasteiger partial charge on any atom is -0.386 e. The molecular formula is C31H48O4. The Labute approximate surface area is 212 Å². The fourth-order valence-electron chi connectivity index (χ4n) is 10.1. The van der Waals surface area contributed by atoms with E-state index in [1.807, 2.05) is 6.92 Å². The number of allylic oxidation sites excluding steroid dienone is 2. The molecule has 0 aromatic carbocycles. The van der Waals surface area contributed by atoms with E-state index < -0.39 is 6.10 Å². The van der Waals surface area contributed by atoms with Crippen LogP contribution in [0, 0.1) is 45.3 Å². The number of ketones is 1. The quantitative estimate of drug-likeness (QED) is 0.464. The molecule has 4 nitrogen and oxygen atoms in total. The van der Waals surface area contributed by atoms with Gasteiger partial charge in [-0.1, -0.05) is 52.8 Å². The molecule has 1 N–H and O–H groups in total. The SMILES string of the molecule is C=C(C)C(O)C1CC(C2CCC3(C)C4=CCC5C(C)(C)C(=O)CCC5(C)C4CCC23C)C(OC)O1. The Kier molecular flexibility index (Phi) is 6.06. The first-order chi connectivity index (χ1) is 16.3. The van der Waals surface area contributed by atoms with Gasteiger partial charge in [0.1, 0.15) is 11.9 Å². The molecule has 5 rings (SSSR count). The minimum atomic E-state index is -0.635. The summed E-state index contributed by atoms with van der Waals surface area (Å²) in [6.07, 6.45) is 9.94. The number of fused-ring (bicyclic) bond motifs is 5. The average Bonchev–Trinajstić information content (AvgIpc) is 3.34. The van der Waals surface area contributed by atoms with Crippen LogP contribution in [0.1, 0.15) is 92.9 Å².